The van der Waals surface area contributed by atoms with E-state index < -0.39 is 0 Å². The highest BCUT2D eigenvalue weighted by molar-refractivity contribution is 5.83. The van der Waals surface area contributed by atoms with Gasteiger partial charge in [0, 0.05) is 30.1 Å². The first kappa shape index (κ1) is 16.1. The monoisotopic (exact) mass is 322 g/mol. The first-order chi connectivity index (χ1) is 11.8. The van der Waals surface area contributed by atoms with E-state index in [0.29, 0.717) is 13.0 Å². The summed E-state index contributed by atoms with van der Waals surface area (Å²) in [5.74, 6) is 0.924. The second-order valence-electron chi connectivity index (χ2n) is 5.81. The third kappa shape index (κ3) is 3.96. The van der Waals surface area contributed by atoms with Crippen LogP contribution in [0.1, 0.15) is 17.5 Å². The molecule has 3 aromatic rings. The van der Waals surface area contributed by atoms with Crippen molar-refractivity contribution in [1.82, 2.24) is 10.3 Å². The molecular formula is C20H22N2O2. The van der Waals surface area contributed by atoms with Crippen molar-refractivity contribution in [1.29, 1.82) is 0 Å². The van der Waals surface area contributed by atoms with Crippen molar-refractivity contribution in [2.24, 2.45) is 0 Å². The minimum atomic E-state index is 0.0886. The third-order valence-corrected chi connectivity index (χ3v) is 4.19. The molecule has 0 aliphatic rings. The summed E-state index contributed by atoms with van der Waals surface area (Å²) < 4.78 is 5.13. The molecule has 0 aliphatic heterocycles. The number of H-pyrrole nitrogens is 1. The number of para-hydroxylation sites is 1. The number of carbonyl (C=O) groups is 1. The molecule has 0 radical (unpaired) electrons. The van der Waals surface area contributed by atoms with E-state index in [1.54, 1.807) is 7.11 Å². The Morgan fingerprint density at radius 3 is 2.67 bits per heavy atom. The molecule has 3 rings (SSSR count). The van der Waals surface area contributed by atoms with Gasteiger partial charge in [-0.1, -0.05) is 30.3 Å². The van der Waals surface area contributed by atoms with Crippen LogP contribution in [0.5, 0.6) is 5.75 Å². The van der Waals surface area contributed by atoms with E-state index in [2.05, 4.69) is 22.4 Å². The summed E-state index contributed by atoms with van der Waals surface area (Å²) in [6.07, 6.45) is 4.09. The van der Waals surface area contributed by atoms with Crippen LogP contribution in [-0.4, -0.2) is 24.5 Å². The van der Waals surface area contributed by atoms with Crippen molar-refractivity contribution < 1.29 is 9.53 Å². The van der Waals surface area contributed by atoms with Gasteiger partial charge in [0.15, 0.2) is 0 Å². The Hall–Kier alpha value is -2.75. The van der Waals surface area contributed by atoms with Crippen LogP contribution in [0.2, 0.25) is 0 Å². The van der Waals surface area contributed by atoms with Crippen molar-refractivity contribution in [2.45, 2.75) is 19.3 Å². The molecule has 0 unspecified atom stereocenters. The van der Waals surface area contributed by atoms with Crippen molar-refractivity contribution in [3.8, 4) is 5.75 Å². The normalized spacial score (nSPS) is 10.7. The predicted molar refractivity (Wildman–Crippen MR) is 96.3 cm³/mol. The Morgan fingerprint density at radius 1 is 1.08 bits per heavy atom. The molecule has 1 heterocycles. The lowest BCUT2D eigenvalue weighted by molar-refractivity contribution is -0.121. The molecular weight excluding hydrogens is 300 g/mol. The number of aromatic amines is 1. The van der Waals surface area contributed by atoms with Crippen LogP contribution in [0.3, 0.4) is 0 Å². The fraction of sp³-hybridized carbons (Fsp3) is 0.250. The van der Waals surface area contributed by atoms with Crippen molar-refractivity contribution in [3.63, 3.8) is 0 Å². The van der Waals surface area contributed by atoms with Gasteiger partial charge in [-0.05, 0) is 42.2 Å². The van der Waals surface area contributed by atoms with Crippen molar-refractivity contribution >= 4 is 16.8 Å². The third-order valence-electron chi connectivity index (χ3n) is 4.19. The van der Waals surface area contributed by atoms with Gasteiger partial charge in [0.05, 0.1) is 7.11 Å². The second-order valence-corrected chi connectivity index (χ2v) is 5.81. The van der Waals surface area contributed by atoms with Crippen LogP contribution in [0.25, 0.3) is 10.9 Å². The summed E-state index contributed by atoms with van der Waals surface area (Å²) in [7, 11) is 1.65. The van der Waals surface area contributed by atoms with Crippen LogP contribution < -0.4 is 10.1 Å². The summed E-state index contributed by atoms with van der Waals surface area (Å²) >= 11 is 0. The van der Waals surface area contributed by atoms with Gasteiger partial charge >= 0.3 is 0 Å². The van der Waals surface area contributed by atoms with Crippen LogP contribution in [0, 0.1) is 0 Å². The number of fused-ring (bicyclic) bond motifs is 1. The number of benzene rings is 2. The maximum Gasteiger partial charge on any atom is 0.220 e. The number of amides is 1. The average Bonchev–Trinajstić information content (AvgIpc) is 3.04. The molecule has 0 saturated carbocycles. The lowest BCUT2D eigenvalue weighted by atomic mass is 10.1. The Kier molecular flexibility index (Phi) is 5.16. The summed E-state index contributed by atoms with van der Waals surface area (Å²) in [5, 5.41) is 4.23. The topological polar surface area (TPSA) is 54.1 Å². The maximum atomic E-state index is 12.0. The molecule has 0 bridgehead atoms. The molecule has 24 heavy (non-hydrogen) atoms. The maximum absolute atomic E-state index is 12.0. The van der Waals surface area contributed by atoms with Crippen LogP contribution in [0.15, 0.2) is 54.7 Å². The standard InChI is InChI=1S/C20H22N2O2/c1-24-17-9-6-15(7-10-17)8-11-20(23)21-13-12-16-14-22-19-5-3-2-4-18(16)19/h2-7,9-10,14,22H,8,11-13H2,1H3,(H,21,23). The minimum absolute atomic E-state index is 0.0886. The Bertz CT molecular complexity index is 806. The number of hydrogen-bond acceptors (Lipinski definition) is 2. The average molecular weight is 322 g/mol. The minimum Gasteiger partial charge on any atom is -0.497 e. The van der Waals surface area contributed by atoms with Crippen LogP contribution in [0.4, 0.5) is 0 Å². The largest absolute Gasteiger partial charge is 0.497 e. The fourth-order valence-corrected chi connectivity index (χ4v) is 2.81. The predicted octanol–water partition coefficient (Wildman–Crippen LogP) is 3.47. The number of aryl methyl sites for hydroxylation is 1. The fourth-order valence-electron chi connectivity index (χ4n) is 2.81. The molecule has 0 saturated heterocycles. The van der Waals surface area contributed by atoms with Crippen molar-refractivity contribution in [3.05, 3.63) is 65.9 Å². The van der Waals surface area contributed by atoms with Crippen LogP contribution >= 0.6 is 0 Å². The first-order valence-corrected chi connectivity index (χ1v) is 8.21. The summed E-state index contributed by atoms with van der Waals surface area (Å²) in [5.41, 5.74) is 3.52. The zero-order valence-electron chi connectivity index (χ0n) is 13.8. The zero-order chi connectivity index (χ0) is 16.8. The highest BCUT2D eigenvalue weighted by atomic mass is 16.5. The molecule has 0 atom stereocenters. The summed E-state index contributed by atoms with van der Waals surface area (Å²) in [6.45, 7) is 0.656. The van der Waals surface area contributed by atoms with E-state index in [9.17, 15) is 4.79 Å². The molecule has 2 N–H and O–H groups in total. The molecule has 0 aliphatic carbocycles. The van der Waals surface area contributed by atoms with E-state index in [1.165, 1.54) is 10.9 Å². The van der Waals surface area contributed by atoms with E-state index in [1.807, 2.05) is 42.6 Å². The highest BCUT2D eigenvalue weighted by Crippen LogP contribution is 2.17. The smallest absolute Gasteiger partial charge is 0.220 e. The number of methoxy groups -OCH3 is 1. The Balaban J connectivity index is 1.44. The number of aromatic nitrogens is 1. The molecule has 2 aromatic carbocycles. The number of hydrogen-bond donors (Lipinski definition) is 2. The van der Waals surface area contributed by atoms with Gasteiger partial charge in [0.1, 0.15) is 5.75 Å². The Labute approximate surface area is 141 Å². The molecule has 0 spiro atoms. The van der Waals surface area contributed by atoms with Gasteiger partial charge in [0.2, 0.25) is 5.91 Å². The van der Waals surface area contributed by atoms with Crippen LogP contribution in [-0.2, 0) is 17.6 Å². The molecule has 1 amide bonds. The van der Waals surface area contributed by atoms with Gasteiger partial charge in [0.25, 0.3) is 0 Å². The van der Waals surface area contributed by atoms with E-state index in [0.717, 1.165) is 29.7 Å². The molecule has 4 heteroatoms. The lowest BCUT2D eigenvalue weighted by Crippen LogP contribution is -2.25. The zero-order valence-corrected chi connectivity index (χ0v) is 13.8. The van der Waals surface area contributed by atoms with Crippen molar-refractivity contribution in [2.75, 3.05) is 13.7 Å². The summed E-state index contributed by atoms with van der Waals surface area (Å²) in [6, 6.07) is 16.1. The lowest BCUT2D eigenvalue weighted by Gasteiger charge is -2.06. The number of carbonyl (C=O) groups excluding carboxylic acids is 1. The van der Waals surface area contributed by atoms with Gasteiger partial charge in [-0.15, -0.1) is 0 Å². The van der Waals surface area contributed by atoms with Gasteiger partial charge in [-0.3, -0.25) is 4.79 Å². The second kappa shape index (κ2) is 7.68. The van der Waals surface area contributed by atoms with E-state index >= 15 is 0 Å². The molecule has 1 aromatic heterocycles. The molecule has 0 fully saturated rings. The SMILES string of the molecule is COc1ccc(CCC(=O)NCCc2c[nH]c3ccccc23)cc1. The van der Waals surface area contributed by atoms with Gasteiger partial charge in [-0.25, -0.2) is 0 Å². The number of ether oxygens (including phenoxy) is 1. The van der Waals surface area contributed by atoms with E-state index in [-0.39, 0.29) is 5.91 Å². The van der Waals surface area contributed by atoms with Gasteiger partial charge < -0.3 is 15.0 Å². The highest BCUT2D eigenvalue weighted by Gasteiger charge is 2.05. The number of rotatable bonds is 7. The first-order valence-electron chi connectivity index (χ1n) is 8.21. The molecule has 4 nitrogen and oxygen atoms in total. The summed E-state index contributed by atoms with van der Waals surface area (Å²) in [4.78, 5) is 15.2. The Morgan fingerprint density at radius 2 is 1.88 bits per heavy atom. The quantitative estimate of drug-likeness (QED) is 0.700. The molecule has 124 valence electrons. The van der Waals surface area contributed by atoms with Gasteiger partial charge in [-0.2, -0.15) is 0 Å². The number of nitrogens with one attached hydrogen (secondary N) is 2. The van der Waals surface area contributed by atoms with E-state index in [4.69, 9.17) is 4.74 Å².